The van der Waals surface area contributed by atoms with Crippen LogP contribution in [0.5, 0.6) is 17.2 Å². The van der Waals surface area contributed by atoms with Crippen molar-refractivity contribution in [3.05, 3.63) is 75.3 Å². The average Bonchev–Trinajstić information content (AvgIpc) is 3.14. The second kappa shape index (κ2) is 7.41. The van der Waals surface area contributed by atoms with Crippen molar-refractivity contribution in [2.45, 2.75) is 6.92 Å². The predicted octanol–water partition coefficient (Wildman–Crippen LogP) is 4.12. The van der Waals surface area contributed by atoms with Crippen LogP contribution >= 0.6 is 11.3 Å². The number of ether oxygens (including phenoxy) is 2. The van der Waals surface area contributed by atoms with Crippen molar-refractivity contribution < 1.29 is 14.6 Å². The fourth-order valence-electron chi connectivity index (χ4n) is 3.65. The zero-order valence-corrected chi connectivity index (χ0v) is 17.5. The fraction of sp³-hybridized carbons (Fsp3) is 0.0870. The molecule has 1 N–H and O–H groups in total. The van der Waals surface area contributed by atoms with E-state index in [-0.39, 0.29) is 0 Å². The first-order chi connectivity index (χ1) is 15.1. The third kappa shape index (κ3) is 3.08. The summed E-state index contributed by atoms with van der Waals surface area (Å²) in [5.74, 6) is 1.86. The summed E-state index contributed by atoms with van der Waals surface area (Å²) in [5, 5.41) is 10.3. The number of para-hydroxylation sites is 2. The number of benzene rings is 2. The number of nitrogens with zero attached hydrogens (tertiary/aromatic N) is 3. The van der Waals surface area contributed by atoms with Crippen molar-refractivity contribution in [2.75, 3.05) is 7.11 Å². The van der Waals surface area contributed by atoms with Crippen LogP contribution in [0.2, 0.25) is 0 Å². The van der Waals surface area contributed by atoms with Gasteiger partial charge < -0.3 is 14.6 Å². The van der Waals surface area contributed by atoms with E-state index in [4.69, 9.17) is 9.47 Å². The second-order valence-corrected chi connectivity index (χ2v) is 7.92. The molecule has 3 aromatic heterocycles. The van der Waals surface area contributed by atoms with E-state index in [0.29, 0.717) is 43.3 Å². The Bertz CT molecular complexity index is 1550. The van der Waals surface area contributed by atoms with Gasteiger partial charge in [-0.15, -0.1) is 11.3 Å². The third-order valence-corrected chi connectivity index (χ3v) is 6.06. The quantitative estimate of drug-likeness (QED) is 0.461. The van der Waals surface area contributed by atoms with Crippen LogP contribution in [-0.2, 0) is 0 Å². The summed E-state index contributed by atoms with van der Waals surface area (Å²) in [7, 11) is 1.59. The molecule has 0 aliphatic carbocycles. The van der Waals surface area contributed by atoms with Crippen molar-refractivity contribution in [3.8, 4) is 22.9 Å². The Morgan fingerprint density at radius 1 is 1.13 bits per heavy atom. The summed E-state index contributed by atoms with van der Waals surface area (Å²) in [6.45, 7) is 1.91. The molecule has 0 spiro atoms. The minimum absolute atomic E-state index is 0.428. The molecule has 5 aromatic rings. The summed E-state index contributed by atoms with van der Waals surface area (Å²) in [6, 6.07) is 14.7. The van der Waals surface area contributed by atoms with E-state index in [2.05, 4.69) is 9.97 Å². The zero-order valence-electron chi connectivity index (χ0n) is 16.7. The largest absolute Gasteiger partial charge is 0.514 e. The Morgan fingerprint density at radius 3 is 2.68 bits per heavy atom. The van der Waals surface area contributed by atoms with Crippen molar-refractivity contribution in [3.63, 3.8) is 0 Å². The molecule has 8 heteroatoms. The SMILES string of the molecule is COc1ccccc1Oc1ccc(-n2c(=O)nc3c(=CO)sc4nccc2c43)c(C)c1. The van der Waals surface area contributed by atoms with Crippen LogP contribution in [-0.4, -0.2) is 26.8 Å². The van der Waals surface area contributed by atoms with Gasteiger partial charge in [-0.1, -0.05) is 12.1 Å². The Labute approximate surface area is 180 Å². The number of thiophene rings is 1. The molecule has 0 aliphatic rings. The van der Waals surface area contributed by atoms with Crippen LogP contribution in [0, 0.1) is 6.92 Å². The number of methoxy groups -OCH3 is 1. The lowest BCUT2D eigenvalue weighted by Crippen LogP contribution is -2.23. The molecule has 0 unspecified atom stereocenters. The molecule has 31 heavy (non-hydrogen) atoms. The molecule has 154 valence electrons. The van der Waals surface area contributed by atoms with Gasteiger partial charge in [0.15, 0.2) is 11.5 Å². The van der Waals surface area contributed by atoms with Gasteiger partial charge in [0.05, 0.1) is 34.5 Å². The van der Waals surface area contributed by atoms with Gasteiger partial charge in [-0.2, -0.15) is 4.98 Å². The summed E-state index contributed by atoms with van der Waals surface area (Å²) in [4.78, 5) is 22.3. The number of rotatable bonds is 4. The van der Waals surface area contributed by atoms with Crippen LogP contribution in [0.1, 0.15) is 5.56 Å². The lowest BCUT2D eigenvalue weighted by Gasteiger charge is -2.14. The number of hydrogen-bond acceptors (Lipinski definition) is 7. The molecule has 0 saturated carbocycles. The van der Waals surface area contributed by atoms with Gasteiger partial charge in [0.2, 0.25) is 0 Å². The highest BCUT2D eigenvalue weighted by molar-refractivity contribution is 7.17. The monoisotopic (exact) mass is 431 g/mol. The molecule has 2 aromatic carbocycles. The van der Waals surface area contributed by atoms with Crippen LogP contribution < -0.4 is 19.7 Å². The topological polar surface area (TPSA) is 86.5 Å². The second-order valence-electron chi connectivity index (χ2n) is 6.89. The Kier molecular flexibility index (Phi) is 4.56. The number of aliphatic hydroxyl groups is 1. The molecule has 0 atom stereocenters. The first kappa shape index (κ1) is 19.1. The molecule has 3 heterocycles. The standard InChI is InChI=1S/C23H17N3O4S/c1-13-11-14(30-18-6-4-3-5-17(18)29-2)7-8-15(13)26-16-9-10-24-22-20(16)21(25-23(26)28)19(12-27)31-22/h3-12,27H,1-2H3. The van der Waals surface area contributed by atoms with Crippen LogP contribution in [0.4, 0.5) is 0 Å². The first-order valence-corrected chi connectivity index (χ1v) is 10.3. The van der Waals surface area contributed by atoms with Gasteiger partial charge in [0.25, 0.3) is 0 Å². The van der Waals surface area contributed by atoms with E-state index in [1.807, 2.05) is 43.3 Å². The van der Waals surface area contributed by atoms with Gasteiger partial charge in [0.1, 0.15) is 16.1 Å². The maximum Gasteiger partial charge on any atom is 0.353 e. The maximum atomic E-state index is 13.0. The van der Waals surface area contributed by atoms with E-state index >= 15 is 0 Å². The van der Waals surface area contributed by atoms with E-state index in [0.717, 1.165) is 17.2 Å². The lowest BCUT2D eigenvalue weighted by molar-refractivity contribution is 0.379. The third-order valence-electron chi connectivity index (χ3n) is 5.03. The normalized spacial score (nSPS) is 12.0. The first-order valence-electron chi connectivity index (χ1n) is 9.47. The van der Waals surface area contributed by atoms with Crippen molar-refractivity contribution in [1.82, 2.24) is 14.5 Å². The number of aryl methyl sites for hydroxylation is 1. The van der Waals surface area contributed by atoms with Crippen molar-refractivity contribution in [1.29, 1.82) is 0 Å². The van der Waals surface area contributed by atoms with E-state index in [9.17, 15) is 9.90 Å². The molecular formula is C23H17N3O4S. The molecule has 7 nitrogen and oxygen atoms in total. The highest BCUT2D eigenvalue weighted by atomic mass is 32.1. The molecule has 0 amide bonds. The Hall–Kier alpha value is -3.91. The highest BCUT2D eigenvalue weighted by Crippen LogP contribution is 2.33. The van der Waals surface area contributed by atoms with Crippen LogP contribution in [0.15, 0.2) is 59.5 Å². The Morgan fingerprint density at radius 2 is 1.94 bits per heavy atom. The summed E-state index contributed by atoms with van der Waals surface area (Å²) >= 11 is 1.29. The maximum absolute atomic E-state index is 13.0. The zero-order chi connectivity index (χ0) is 21.5. The highest BCUT2D eigenvalue weighted by Gasteiger charge is 2.17. The fourth-order valence-corrected chi connectivity index (χ4v) is 4.57. The molecule has 0 radical (unpaired) electrons. The van der Waals surface area contributed by atoms with Crippen molar-refractivity contribution >= 4 is 38.8 Å². The summed E-state index contributed by atoms with van der Waals surface area (Å²) in [6.07, 6.45) is 2.62. The molecule has 5 rings (SSSR count). The predicted molar refractivity (Wildman–Crippen MR) is 121 cm³/mol. The minimum Gasteiger partial charge on any atom is -0.514 e. The van der Waals surface area contributed by atoms with Gasteiger partial charge in [0, 0.05) is 6.20 Å². The minimum atomic E-state index is -0.428. The molecule has 0 bridgehead atoms. The average molecular weight is 431 g/mol. The lowest BCUT2D eigenvalue weighted by atomic mass is 10.1. The van der Waals surface area contributed by atoms with Crippen molar-refractivity contribution in [2.24, 2.45) is 0 Å². The van der Waals surface area contributed by atoms with E-state index in [1.165, 1.54) is 11.3 Å². The smallest absolute Gasteiger partial charge is 0.353 e. The van der Waals surface area contributed by atoms with E-state index < -0.39 is 5.69 Å². The van der Waals surface area contributed by atoms with E-state index in [1.54, 1.807) is 30.0 Å². The summed E-state index contributed by atoms with van der Waals surface area (Å²) in [5.41, 5.74) is 2.25. The molecular weight excluding hydrogens is 414 g/mol. The van der Waals surface area contributed by atoms with Crippen LogP contribution in [0.25, 0.3) is 33.2 Å². The summed E-state index contributed by atoms with van der Waals surface area (Å²) < 4.78 is 13.4. The Balaban J connectivity index is 1.65. The molecule has 0 aliphatic heterocycles. The van der Waals surface area contributed by atoms with Gasteiger partial charge in [-0.25, -0.2) is 9.78 Å². The molecule has 0 saturated heterocycles. The van der Waals surface area contributed by atoms with Gasteiger partial charge in [-0.3, -0.25) is 4.57 Å². The number of hydrogen-bond donors (Lipinski definition) is 1. The number of aliphatic hydroxyl groups excluding tert-OH is 1. The number of pyridine rings is 1. The number of aromatic nitrogens is 3. The molecule has 0 fully saturated rings. The van der Waals surface area contributed by atoms with Gasteiger partial charge >= 0.3 is 5.69 Å². The van der Waals surface area contributed by atoms with Crippen LogP contribution in [0.3, 0.4) is 0 Å². The van der Waals surface area contributed by atoms with Gasteiger partial charge in [-0.05, 0) is 48.9 Å².